The van der Waals surface area contributed by atoms with Crippen molar-refractivity contribution in [2.75, 3.05) is 0 Å². The van der Waals surface area contributed by atoms with E-state index in [0.717, 1.165) is 20.0 Å². The number of nitrogens with zero attached hydrogens (tertiary/aromatic N) is 3. The van der Waals surface area contributed by atoms with E-state index in [2.05, 4.69) is 54.2 Å². The van der Waals surface area contributed by atoms with Crippen LogP contribution in [0.15, 0.2) is 51.4 Å². The Hall–Kier alpha value is -1.20. The van der Waals surface area contributed by atoms with Gasteiger partial charge in [-0.25, -0.2) is 0 Å². The number of benzene rings is 2. The van der Waals surface area contributed by atoms with E-state index in [1.807, 2.05) is 30.3 Å². The second kappa shape index (κ2) is 4.82. The van der Waals surface area contributed by atoms with Gasteiger partial charge in [0.15, 0.2) is 0 Å². The summed E-state index contributed by atoms with van der Waals surface area (Å²) in [5.41, 5.74) is 2.94. The molecule has 0 radical (unpaired) electrons. The van der Waals surface area contributed by atoms with E-state index in [1.165, 1.54) is 5.56 Å². The minimum Gasteiger partial charge on any atom is -0.179 e. The van der Waals surface area contributed by atoms with Gasteiger partial charge >= 0.3 is 0 Å². The maximum Gasteiger partial charge on any atom is 0.128 e. The van der Waals surface area contributed by atoms with Crippen LogP contribution >= 0.6 is 31.9 Å². The zero-order valence-corrected chi connectivity index (χ0v) is 12.5. The first kappa shape index (κ1) is 11.9. The smallest absolute Gasteiger partial charge is 0.128 e. The average Bonchev–Trinajstić information content (AvgIpc) is 2.80. The fourth-order valence-corrected chi connectivity index (χ4v) is 2.59. The molecular formula is C13H9Br2N3. The normalized spacial score (nSPS) is 11.0. The molecule has 0 aliphatic carbocycles. The highest BCUT2D eigenvalue weighted by atomic mass is 79.9. The molecule has 3 rings (SSSR count). The van der Waals surface area contributed by atoms with Gasteiger partial charge in [-0.05, 0) is 49.6 Å². The fraction of sp³-hybridized carbons (Fsp3) is 0.0769. The first-order valence-electron chi connectivity index (χ1n) is 5.47. The molecule has 0 aliphatic rings. The molecule has 0 fully saturated rings. The lowest BCUT2D eigenvalue weighted by molar-refractivity contribution is 0.600. The summed E-state index contributed by atoms with van der Waals surface area (Å²) in [7, 11) is 0. The predicted octanol–water partition coefficient (Wildman–Crippen LogP) is 4.00. The van der Waals surface area contributed by atoms with E-state index in [1.54, 1.807) is 4.80 Å². The molecule has 18 heavy (non-hydrogen) atoms. The Balaban J connectivity index is 2.04. The van der Waals surface area contributed by atoms with Crippen molar-refractivity contribution in [3.05, 3.63) is 57.0 Å². The maximum atomic E-state index is 4.50. The van der Waals surface area contributed by atoms with Crippen LogP contribution in [0.4, 0.5) is 0 Å². The SMILES string of the molecule is Brc1ccc(Br)c2nn(Cc3ccccc3)nc12. The third kappa shape index (κ3) is 2.20. The Labute approximate surface area is 121 Å². The van der Waals surface area contributed by atoms with Crippen LogP contribution in [0.5, 0.6) is 0 Å². The van der Waals surface area contributed by atoms with Gasteiger partial charge in [0.1, 0.15) is 11.0 Å². The molecule has 5 heteroatoms. The van der Waals surface area contributed by atoms with E-state index in [0.29, 0.717) is 6.54 Å². The number of fused-ring (bicyclic) bond motifs is 1. The summed E-state index contributed by atoms with van der Waals surface area (Å²) in [6.45, 7) is 0.675. The lowest BCUT2D eigenvalue weighted by Gasteiger charge is -1.98. The molecular weight excluding hydrogens is 358 g/mol. The van der Waals surface area contributed by atoms with Crippen molar-refractivity contribution >= 4 is 42.9 Å². The van der Waals surface area contributed by atoms with Gasteiger partial charge in [-0.1, -0.05) is 30.3 Å². The number of aromatic nitrogens is 3. The minimum atomic E-state index is 0.675. The maximum absolute atomic E-state index is 4.50. The van der Waals surface area contributed by atoms with Gasteiger partial charge in [0, 0.05) is 8.95 Å². The minimum absolute atomic E-state index is 0.675. The molecule has 0 bridgehead atoms. The Bertz CT molecular complexity index is 653. The van der Waals surface area contributed by atoms with Crippen LogP contribution in [0.1, 0.15) is 5.56 Å². The first-order valence-corrected chi connectivity index (χ1v) is 7.05. The molecule has 1 heterocycles. The molecule has 0 unspecified atom stereocenters. The summed E-state index contributed by atoms with van der Waals surface area (Å²) >= 11 is 6.99. The lowest BCUT2D eigenvalue weighted by Crippen LogP contribution is -2.03. The van der Waals surface area contributed by atoms with Crippen molar-refractivity contribution in [1.29, 1.82) is 0 Å². The Morgan fingerprint density at radius 3 is 1.94 bits per heavy atom. The summed E-state index contributed by atoms with van der Waals surface area (Å²) in [5.74, 6) is 0. The molecule has 1 aromatic heterocycles. The summed E-state index contributed by atoms with van der Waals surface area (Å²) in [6, 6.07) is 14.1. The first-order chi connectivity index (χ1) is 8.74. The van der Waals surface area contributed by atoms with Crippen LogP contribution in [0.25, 0.3) is 11.0 Å². The van der Waals surface area contributed by atoms with Gasteiger partial charge in [0.05, 0.1) is 6.54 Å². The number of rotatable bonds is 2. The summed E-state index contributed by atoms with van der Waals surface area (Å²) < 4.78 is 1.92. The predicted molar refractivity (Wildman–Crippen MR) is 78.5 cm³/mol. The summed E-state index contributed by atoms with van der Waals surface area (Å²) in [5, 5.41) is 8.99. The van der Waals surface area contributed by atoms with Crippen molar-refractivity contribution < 1.29 is 0 Å². The number of hydrogen-bond donors (Lipinski definition) is 0. The molecule has 2 aromatic carbocycles. The van der Waals surface area contributed by atoms with Crippen LogP contribution in [0.2, 0.25) is 0 Å². The third-order valence-electron chi connectivity index (χ3n) is 2.65. The highest BCUT2D eigenvalue weighted by Gasteiger charge is 2.09. The van der Waals surface area contributed by atoms with Crippen molar-refractivity contribution in [2.24, 2.45) is 0 Å². The van der Waals surface area contributed by atoms with Crippen LogP contribution < -0.4 is 0 Å². The van der Waals surface area contributed by atoms with Gasteiger partial charge in [-0.15, -0.1) is 0 Å². The van der Waals surface area contributed by atoms with Gasteiger partial charge < -0.3 is 0 Å². The van der Waals surface area contributed by atoms with Crippen LogP contribution in [-0.2, 0) is 6.54 Å². The van der Waals surface area contributed by atoms with E-state index >= 15 is 0 Å². The highest BCUT2D eigenvalue weighted by molar-refractivity contribution is 9.11. The quantitative estimate of drug-likeness (QED) is 0.686. The van der Waals surface area contributed by atoms with E-state index in [4.69, 9.17) is 0 Å². The van der Waals surface area contributed by atoms with Crippen LogP contribution in [0.3, 0.4) is 0 Å². The molecule has 0 saturated carbocycles. The third-order valence-corrected chi connectivity index (χ3v) is 3.93. The van der Waals surface area contributed by atoms with Gasteiger partial charge in [-0.2, -0.15) is 15.0 Å². The molecule has 0 aliphatic heterocycles. The Morgan fingerprint density at radius 2 is 1.39 bits per heavy atom. The molecule has 90 valence electrons. The second-order valence-electron chi connectivity index (χ2n) is 3.94. The van der Waals surface area contributed by atoms with Crippen LogP contribution in [0, 0.1) is 0 Å². The van der Waals surface area contributed by atoms with Crippen molar-refractivity contribution in [1.82, 2.24) is 15.0 Å². The van der Waals surface area contributed by atoms with Gasteiger partial charge in [0.2, 0.25) is 0 Å². The molecule has 0 spiro atoms. The molecule has 3 aromatic rings. The van der Waals surface area contributed by atoms with E-state index < -0.39 is 0 Å². The van der Waals surface area contributed by atoms with Crippen molar-refractivity contribution in [3.8, 4) is 0 Å². The molecule has 3 nitrogen and oxygen atoms in total. The number of halogens is 2. The Morgan fingerprint density at radius 1 is 0.833 bits per heavy atom. The zero-order chi connectivity index (χ0) is 12.5. The standard InChI is InChI=1S/C13H9Br2N3/c14-10-6-7-11(15)13-12(10)16-18(17-13)8-9-4-2-1-3-5-9/h1-7H,8H2. The molecule has 0 amide bonds. The largest absolute Gasteiger partial charge is 0.179 e. The molecule has 0 saturated heterocycles. The fourth-order valence-electron chi connectivity index (χ4n) is 1.79. The van der Waals surface area contributed by atoms with Crippen molar-refractivity contribution in [2.45, 2.75) is 6.54 Å². The molecule has 0 atom stereocenters. The van der Waals surface area contributed by atoms with Gasteiger partial charge in [-0.3, -0.25) is 0 Å². The lowest BCUT2D eigenvalue weighted by atomic mass is 10.2. The van der Waals surface area contributed by atoms with E-state index in [9.17, 15) is 0 Å². The molecule has 0 N–H and O–H groups in total. The number of hydrogen-bond acceptors (Lipinski definition) is 2. The summed E-state index contributed by atoms with van der Waals surface area (Å²) in [4.78, 5) is 1.72. The van der Waals surface area contributed by atoms with Crippen molar-refractivity contribution in [3.63, 3.8) is 0 Å². The summed E-state index contributed by atoms with van der Waals surface area (Å²) in [6.07, 6.45) is 0. The van der Waals surface area contributed by atoms with E-state index in [-0.39, 0.29) is 0 Å². The average molecular weight is 367 g/mol. The van der Waals surface area contributed by atoms with Gasteiger partial charge in [0.25, 0.3) is 0 Å². The topological polar surface area (TPSA) is 30.7 Å². The van der Waals surface area contributed by atoms with Crippen LogP contribution in [-0.4, -0.2) is 15.0 Å². The Kier molecular flexibility index (Phi) is 3.18. The zero-order valence-electron chi connectivity index (χ0n) is 9.35. The second-order valence-corrected chi connectivity index (χ2v) is 5.65. The highest BCUT2D eigenvalue weighted by Crippen LogP contribution is 2.27. The monoisotopic (exact) mass is 365 g/mol.